The minimum Gasteiger partial charge on any atom is -0.494 e. The molecule has 0 radical (unpaired) electrons. The largest absolute Gasteiger partial charge is 0.494 e. The molecule has 0 spiro atoms. The number of para-hydroxylation sites is 2. The highest BCUT2D eigenvalue weighted by molar-refractivity contribution is 5.85. The third-order valence-corrected chi connectivity index (χ3v) is 6.09. The molecule has 4 rings (SSSR count). The molecule has 33 heavy (non-hydrogen) atoms. The number of nitrogens with one attached hydrogen (secondary N) is 1. The van der Waals surface area contributed by atoms with E-state index in [1.807, 2.05) is 31.2 Å². The van der Waals surface area contributed by atoms with Crippen LogP contribution in [0.1, 0.15) is 41.2 Å². The number of carbonyl (C=O) groups excluding carboxylic acids is 1. The van der Waals surface area contributed by atoms with Crippen molar-refractivity contribution in [3.63, 3.8) is 0 Å². The second kappa shape index (κ2) is 10.4. The zero-order chi connectivity index (χ0) is 23.2. The van der Waals surface area contributed by atoms with Gasteiger partial charge in [0.25, 0.3) is 0 Å². The van der Waals surface area contributed by atoms with Crippen LogP contribution < -0.4 is 10.1 Å². The van der Waals surface area contributed by atoms with E-state index < -0.39 is 0 Å². The van der Waals surface area contributed by atoms with E-state index in [0.29, 0.717) is 26.0 Å². The van der Waals surface area contributed by atoms with Gasteiger partial charge in [-0.15, -0.1) is 0 Å². The van der Waals surface area contributed by atoms with Crippen LogP contribution in [0.3, 0.4) is 0 Å². The maximum absolute atomic E-state index is 12.6. The molecule has 1 aromatic heterocycles. The molecule has 0 bridgehead atoms. The summed E-state index contributed by atoms with van der Waals surface area (Å²) in [6.45, 7) is 8.17. The molecule has 0 aliphatic heterocycles. The van der Waals surface area contributed by atoms with E-state index in [1.165, 1.54) is 33.2 Å². The molecular weight excluding hydrogens is 408 g/mol. The van der Waals surface area contributed by atoms with Gasteiger partial charge >= 0.3 is 0 Å². The molecule has 0 fully saturated rings. The van der Waals surface area contributed by atoms with Crippen LogP contribution in [-0.4, -0.2) is 17.1 Å². The topological polar surface area (TPSA) is 43.3 Å². The van der Waals surface area contributed by atoms with Crippen molar-refractivity contribution in [3.8, 4) is 5.75 Å². The predicted octanol–water partition coefficient (Wildman–Crippen LogP) is 5.95. The zero-order valence-electron chi connectivity index (χ0n) is 19.7. The molecule has 4 heteroatoms. The van der Waals surface area contributed by atoms with Gasteiger partial charge in [-0.05, 0) is 56.0 Å². The van der Waals surface area contributed by atoms with Crippen molar-refractivity contribution in [2.24, 2.45) is 0 Å². The normalized spacial score (nSPS) is 11.0. The molecule has 0 aliphatic rings. The molecule has 1 N–H and O–H groups in total. The lowest BCUT2D eigenvalue weighted by Gasteiger charge is -2.11. The minimum atomic E-state index is 0.0488. The van der Waals surface area contributed by atoms with Gasteiger partial charge in [0, 0.05) is 42.2 Å². The first-order valence-electron chi connectivity index (χ1n) is 11.7. The first kappa shape index (κ1) is 22.7. The first-order chi connectivity index (χ1) is 16.0. The van der Waals surface area contributed by atoms with E-state index in [-0.39, 0.29) is 5.91 Å². The summed E-state index contributed by atoms with van der Waals surface area (Å²) >= 11 is 0. The van der Waals surface area contributed by atoms with Gasteiger partial charge in [0.1, 0.15) is 5.75 Å². The first-order valence-corrected chi connectivity index (χ1v) is 11.7. The summed E-state index contributed by atoms with van der Waals surface area (Å²) in [6, 6.07) is 22.9. The Bertz CT molecular complexity index is 1260. The summed E-state index contributed by atoms with van der Waals surface area (Å²) in [5.41, 5.74) is 7.31. The maximum Gasteiger partial charge on any atom is 0.220 e. The zero-order valence-corrected chi connectivity index (χ0v) is 19.7. The number of ether oxygens (including phenoxy) is 1. The number of amides is 1. The fourth-order valence-corrected chi connectivity index (χ4v) is 4.28. The lowest BCUT2D eigenvalue weighted by molar-refractivity contribution is -0.121. The highest BCUT2D eigenvalue weighted by Gasteiger charge is 2.12. The van der Waals surface area contributed by atoms with Gasteiger partial charge in [-0.3, -0.25) is 4.79 Å². The second-order valence-electron chi connectivity index (χ2n) is 8.55. The van der Waals surface area contributed by atoms with Crippen molar-refractivity contribution in [1.82, 2.24) is 9.88 Å². The summed E-state index contributed by atoms with van der Waals surface area (Å²) in [5, 5.41) is 4.27. The van der Waals surface area contributed by atoms with E-state index in [4.69, 9.17) is 4.74 Å². The summed E-state index contributed by atoms with van der Waals surface area (Å²) in [7, 11) is 0. The molecule has 0 saturated heterocycles. The van der Waals surface area contributed by atoms with Gasteiger partial charge in [-0.1, -0.05) is 60.2 Å². The van der Waals surface area contributed by atoms with E-state index in [2.05, 4.69) is 72.4 Å². The van der Waals surface area contributed by atoms with Crippen LogP contribution in [-0.2, 0) is 24.3 Å². The number of fused-ring (bicyclic) bond motifs is 1. The van der Waals surface area contributed by atoms with Crippen LogP contribution in [0.5, 0.6) is 5.75 Å². The van der Waals surface area contributed by atoms with Crippen LogP contribution in [0.4, 0.5) is 0 Å². The Labute approximate surface area is 196 Å². The Balaban J connectivity index is 1.45. The van der Waals surface area contributed by atoms with Gasteiger partial charge < -0.3 is 14.6 Å². The van der Waals surface area contributed by atoms with Crippen LogP contribution in [0.15, 0.2) is 72.9 Å². The summed E-state index contributed by atoms with van der Waals surface area (Å²) < 4.78 is 7.97. The molecule has 1 heterocycles. The molecule has 1 amide bonds. The molecule has 4 aromatic rings. The molecule has 0 aliphatic carbocycles. The van der Waals surface area contributed by atoms with Crippen LogP contribution in [0.25, 0.3) is 10.9 Å². The Morgan fingerprint density at radius 1 is 0.939 bits per heavy atom. The fourth-order valence-electron chi connectivity index (χ4n) is 4.28. The Kier molecular flexibility index (Phi) is 7.13. The third-order valence-electron chi connectivity index (χ3n) is 6.09. The van der Waals surface area contributed by atoms with Gasteiger partial charge in [-0.25, -0.2) is 0 Å². The van der Waals surface area contributed by atoms with Crippen molar-refractivity contribution < 1.29 is 9.53 Å². The van der Waals surface area contributed by atoms with Crippen molar-refractivity contribution in [2.75, 3.05) is 6.61 Å². The SMILES string of the molecule is CCOc1ccccc1CNC(=O)CCc1cn(Cc2cc(C)ccc2C)c2ccccc12. The molecule has 3 aromatic carbocycles. The van der Waals surface area contributed by atoms with Gasteiger partial charge in [-0.2, -0.15) is 0 Å². The lowest BCUT2D eigenvalue weighted by Crippen LogP contribution is -2.23. The summed E-state index contributed by atoms with van der Waals surface area (Å²) in [6.07, 6.45) is 3.37. The fraction of sp³-hybridized carbons (Fsp3) is 0.276. The Hall–Kier alpha value is -3.53. The number of hydrogen-bond donors (Lipinski definition) is 1. The average molecular weight is 441 g/mol. The second-order valence-corrected chi connectivity index (χ2v) is 8.55. The number of hydrogen-bond acceptors (Lipinski definition) is 2. The van der Waals surface area contributed by atoms with Crippen molar-refractivity contribution >= 4 is 16.8 Å². The summed E-state index contributed by atoms with van der Waals surface area (Å²) in [4.78, 5) is 12.6. The van der Waals surface area contributed by atoms with E-state index >= 15 is 0 Å². The smallest absolute Gasteiger partial charge is 0.220 e. The van der Waals surface area contributed by atoms with E-state index in [0.717, 1.165) is 17.9 Å². The van der Waals surface area contributed by atoms with Crippen molar-refractivity contribution in [3.05, 3.63) is 101 Å². The van der Waals surface area contributed by atoms with E-state index in [1.54, 1.807) is 0 Å². The average Bonchev–Trinajstić information content (AvgIpc) is 3.17. The van der Waals surface area contributed by atoms with Crippen molar-refractivity contribution in [1.29, 1.82) is 0 Å². The molecule has 0 saturated carbocycles. The number of benzene rings is 3. The number of rotatable bonds is 9. The van der Waals surface area contributed by atoms with Crippen molar-refractivity contribution in [2.45, 2.75) is 46.7 Å². The van der Waals surface area contributed by atoms with Crippen LogP contribution in [0.2, 0.25) is 0 Å². The predicted molar refractivity (Wildman–Crippen MR) is 135 cm³/mol. The number of aromatic nitrogens is 1. The highest BCUT2D eigenvalue weighted by Crippen LogP contribution is 2.25. The number of carbonyl (C=O) groups is 1. The third kappa shape index (κ3) is 5.46. The number of nitrogens with zero attached hydrogens (tertiary/aromatic N) is 1. The highest BCUT2D eigenvalue weighted by atomic mass is 16.5. The number of aryl methyl sites for hydroxylation is 3. The standard InChI is InChI=1S/C29H32N2O2/c1-4-33-28-12-8-5-9-23(28)18-30-29(32)16-15-24-19-31(27-11-7-6-10-26(24)27)20-25-17-21(2)13-14-22(25)3/h5-14,17,19H,4,15-16,18,20H2,1-3H3,(H,30,32). The molecule has 0 atom stereocenters. The van der Waals surface area contributed by atoms with E-state index in [9.17, 15) is 4.79 Å². The lowest BCUT2D eigenvalue weighted by atomic mass is 10.1. The molecular formula is C29H32N2O2. The molecule has 0 unspecified atom stereocenters. The monoisotopic (exact) mass is 440 g/mol. The molecule has 4 nitrogen and oxygen atoms in total. The Morgan fingerprint density at radius 2 is 1.73 bits per heavy atom. The van der Waals surface area contributed by atoms with Gasteiger partial charge in [0.05, 0.1) is 6.61 Å². The van der Waals surface area contributed by atoms with Gasteiger partial charge in [0.15, 0.2) is 0 Å². The Morgan fingerprint density at radius 3 is 2.58 bits per heavy atom. The maximum atomic E-state index is 12.6. The quantitative estimate of drug-likeness (QED) is 0.349. The van der Waals surface area contributed by atoms with Crippen LogP contribution in [0, 0.1) is 13.8 Å². The summed E-state index contributed by atoms with van der Waals surface area (Å²) in [5.74, 6) is 0.877. The van der Waals surface area contributed by atoms with Crippen LogP contribution >= 0.6 is 0 Å². The molecule has 170 valence electrons. The minimum absolute atomic E-state index is 0.0488. The van der Waals surface area contributed by atoms with Gasteiger partial charge in [0.2, 0.25) is 5.91 Å².